The summed E-state index contributed by atoms with van der Waals surface area (Å²) in [6.45, 7) is 3.69. The molecule has 0 aliphatic carbocycles. The zero-order chi connectivity index (χ0) is 14.0. The summed E-state index contributed by atoms with van der Waals surface area (Å²) in [7, 11) is 0. The maximum Gasteiger partial charge on any atom is 0.265 e. The van der Waals surface area contributed by atoms with E-state index in [2.05, 4.69) is 5.32 Å². The summed E-state index contributed by atoms with van der Waals surface area (Å²) in [6.07, 6.45) is -2.57. The topological polar surface area (TPSA) is 51.2 Å². The fourth-order valence-corrected chi connectivity index (χ4v) is 1.88. The molecule has 0 radical (unpaired) electrons. The number of nitrogens with two attached hydrogens (primary N) is 1. The van der Waals surface area contributed by atoms with Crippen LogP contribution in [0, 0.1) is 6.92 Å². The van der Waals surface area contributed by atoms with Gasteiger partial charge in [0, 0.05) is 16.9 Å². The Balaban J connectivity index is 2.23. The lowest BCUT2D eigenvalue weighted by Gasteiger charge is -2.16. The third kappa shape index (κ3) is 3.05. The van der Waals surface area contributed by atoms with Crippen LogP contribution in [-0.2, 0) is 0 Å². The smallest absolute Gasteiger partial charge is 0.265 e. The van der Waals surface area contributed by atoms with Crippen LogP contribution in [-0.4, -0.2) is 0 Å². The van der Waals surface area contributed by atoms with Gasteiger partial charge in [-0.25, -0.2) is 8.78 Å². The summed E-state index contributed by atoms with van der Waals surface area (Å²) in [6, 6.07) is 7.90. The van der Waals surface area contributed by atoms with Crippen LogP contribution < -0.4 is 11.1 Å². The molecule has 0 saturated carbocycles. The number of hydrogen-bond donors (Lipinski definition) is 2. The van der Waals surface area contributed by atoms with E-state index in [0.717, 1.165) is 5.76 Å². The Morgan fingerprint density at radius 2 is 1.95 bits per heavy atom. The summed E-state index contributed by atoms with van der Waals surface area (Å²) in [4.78, 5) is 0. The second-order valence-corrected chi connectivity index (χ2v) is 4.46. The lowest BCUT2D eigenvalue weighted by Crippen LogP contribution is -2.08. The summed E-state index contributed by atoms with van der Waals surface area (Å²) in [5, 5.41) is 3.02. The standard InChI is InChI=1S/C14H16F2N2O/c1-8-3-6-13(19-8)9(2)18-12-5-4-10(17)7-11(12)14(15)16/h3-7,9,14,18H,17H2,1-2H3. The molecule has 0 aliphatic rings. The van der Waals surface area contributed by atoms with Gasteiger partial charge in [0.2, 0.25) is 0 Å². The first kappa shape index (κ1) is 13.4. The Labute approximate surface area is 110 Å². The van der Waals surface area contributed by atoms with Crippen molar-refractivity contribution in [3.63, 3.8) is 0 Å². The molecule has 2 rings (SSSR count). The van der Waals surface area contributed by atoms with E-state index in [9.17, 15) is 8.78 Å². The second-order valence-electron chi connectivity index (χ2n) is 4.46. The first-order valence-electron chi connectivity index (χ1n) is 5.98. The van der Waals surface area contributed by atoms with Gasteiger partial charge in [0.15, 0.2) is 0 Å². The molecule has 1 aromatic carbocycles. The van der Waals surface area contributed by atoms with Crippen molar-refractivity contribution in [1.29, 1.82) is 0 Å². The van der Waals surface area contributed by atoms with E-state index in [1.54, 1.807) is 12.1 Å². The average molecular weight is 266 g/mol. The molecule has 1 aromatic heterocycles. The highest BCUT2D eigenvalue weighted by atomic mass is 19.3. The monoisotopic (exact) mass is 266 g/mol. The number of anilines is 2. The Morgan fingerprint density at radius 3 is 2.53 bits per heavy atom. The van der Waals surface area contributed by atoms with E-state index < -0.39 is 6.43 Å². The summed E-state index contributed by atoms with van der Waals surface area (Å²) in [5.41, 5.74) is 6.12. The lowest BCUT2D eigenvalue weighted by atomic mass is 10.1. The Bertz CT molecular complexity index is 566. The molecule has 102 valence electrons. The van der Waals surface area contributed by atoms with Crippen molar-refractivity contribution >= 4 is 11.4 Å². The van der Waals surface area contributed by atoms with Gasteiger partial charge in [-0.1, -0.05) is 0 Å². The van der Waals surface area contributed by atoms with Gasteiger partial charge >= 0.3 is 0 Å². The number of nitrogens with one attached hydrogen (secondary N) is 1. The molecule has 0 spiro atoms. The van der Waals surface area contributed by atoms with Crippen molar-refractivity contribution in [3.05, 3.63) is 47.4 Å². The second kappa shape index (κ2) is 5.30. The Morgan fingerprint density at radius 1 is 1.21 bits per heavy atom. The van der Waals surface area contributed by atoms with Crippen molar-refractivity contribution < 1.29 is 13.2 Å². The highest BCUT2D eigenvalue weighted by Gasteiger charge is 2.16. The number of halogens is 2. The molecule has 2 aromatic rings. The fraction of sp³-hybridized carbons (Fsp3) is 0.286. The quantitative estimate of drug-likeness (QED) is 0.812. The predicted octanol–water partition coefficient (Wildman–Crippen LogP) is 4.28. The number of alkyl halides is 2. The molecule has 19 heavy (non-hydrogen) atoms. The average Bonchev–Trinajstić information content (AvgIpc) is 2.78. The third-order valence-electron chi connectivity index (χ3n) is 2.87. The van der Waals surface area contributed by atoms with E-state index >= 15 is 0 Å². The normalized spacial score (nSPS) is 12.7. The summed E-state index contributed by atoms with van der Waals surface area (Å²) in [5.74, 6) is 1.49. The minimum atomic E-state index is -2.57. The van der Waals surface area contributed by atoms with E-state index in [0.29, 0.717) is 17.1 Å². The van der Waals surface area contributed by atoms with Crippen LogP contribution in [0.3, 0.4) is 0 Å². The molecule has 1 unspecified atom stereocenters. The van der Waals surface area contributed by atoms with E-state index in [4.69, 9.17) is 10.2 Å². The van der Waals surface area contributed by atoms with Crippen LogP contribution in [0.1, 0.15) is 36.5 Å². The molecule has 0 saturated heterocycles. The van der Waals surface area contributed by atoms with Gasteiger partial charge in [0.1, 0.15) is 11.5 Å². The number of aryl methyl sites for hydroxylation is 1. The molecule has 0 aliphatic heterocycles. The predicted molar refractivity (Wildman–Crippen MR) is 71.3 cm³/mol. The van der Waals surface area contributed by atoms with Crippen LogP contribution in [0.25, 0.3) is 0 Å². The number of hydrogen-bond acceptors (Lipinski definition) is 3. The molecule has 0 amide bonds. The first-order chi connectivity index (χ1) is 8.97. The van der Waals surface area contributed by atoms with Crippen LogP contribution in [0.4, 0.5) is 20.2 Å². The van der Waals surface area contributed by atoms with Gasteiger partial charge in [-0.2, -0.15) is 0 Å². The molecule has 3 N–H and O–H groups in total. The van der Waals surface area contributed by atoms with Crippen molar-refractivity contribution in [2.75, 3.05) is 11.1 Å². The maximum atomic E-state index is 12.9. The summed E-state index contributed by atoms with van der Waals surface area (Å²) < 4.78 is 31.4. The minimum Gasteiger partial charge on any atom is -0.464 e. The van der Waals surface area contributed by atoms with Gasteiger partial charge in [0.25, 0.3) is 6.43 Å². The minimum absolute atomic E-state index is 0.102. The van der Waals surface area contributed by atoms with E-state index in [1.165, 1.54) is 6.07 Å². The van der Waals surface area contributed by atoms with Crippen molar-refractivity contribution in [1.82, 2.24) is 0 Å². The third-order valence-corrected chi connectivity index (χ3v) is 2.87. The van der Waals surface area contributed by atoms with Crippen LogP contribution in [0.2, 0.25) is 0 Å². The van der Waals surface area contributed by atoms with Gasteiger partial charge in [-0.15, -0.1) is 0 Å². The highest BCUT2D eigenvalue weighted by Crippen LogP contribution is 2.31. The van der Waals surface area contributed by atoms with E-state index in [-0.39, 0.29) is 11.6 Å². The molecule has 0 fully saturated rings. The van der Waals surface area contributed by atoms with Crippen LogP contribution in [0.15, 0.2) is 34.7 Å². The molecular formula is C14H16F2N2O. The largest absolute Gasteiger partial charge is 0.464 e. The highest BCUT2D eigenvalue weighted by molar-refractivity contribution is 5.59. The molecule has 3 nitrogen and oxygen atoms in total. The molecule has 0 bridgehead atoms. The fourth-order valence-electron chi connectivity index (χ4n) is 1.88. The van der Waals surface area contributed by atoms with Gasteiger partial charge < -0.3 is 15.5 Å². The first-order valence-corrected chi connectivity index (χ1v) is 5.98. The Kier molecular flexibility index (Phi) is 3.74. The lowest BCUT2D eigenvalue weighted by molar-refractivity contribution is 0.152. The maximum absolute atomic E-state index is 12.9. The van der Waals surface area contributed by atoms with E-state index in [1.807, 2.05) is 26.0 Å². The number of nitrogen functional groups attached to an aromatic ring is 1. The van der Waals surface area contributed by atoms with Crippen LogP contribution in [0.5, 0.6) is 0 Å². The summed E-state index contributed by atoms with van der Waals surface area (Å²) >= 11 is 0. The number of benzene rings is 1. The van der Waals surface area contributed by atoms with Gasteiger partial charge in [0.05, 0.1) is 6.04 Å². The Hall–Kier alpha value is -2.04. The van der Waals surface area contributed by atoms with Gasteiger partial charge in [-0.3, -0.25) is 0 Å². The van der Waals surface area contributed by atoms with Crippen molar-refractivity contribution in [2.45, 2.75) is 26.3 Å². The van der Waals surface area contributed by atoms with Gasteiger partial charge in [-0.05, 0) is 44.2 Å². The van der Waals surface area contributed by atoms with Crippen LogP contribution >= 0.6 is 0 Å². The van der Waals surface area contributed by atoms with Crippen molar-refractivity contribution in [2.24, 2.45) is 0 Å². The zero-order valence-electron chi connectivity index (χ0n) is 10.8. The zero-order valence-corrected chi connectivity index (χ0v) is 10.8. The molecule has 1 heterocycles. The van der Waals surface area contributed by atoms with Crippen molar-refractivity contribution in [3.8, 4) is 0 Å². The number of rotatable bonds is 4. The molecular weight excluding hydrogens is 250 g/mol. The number of furan rings is 1. The molecule has 5 heteroatoms. The molecule has 1 atom stereocenters. The SMILES string of the molecule is Cc1ccc(C(C)Nc2ccc(N)cc2C(F)F)o1.